The van der Waals surface area contributed by atoms with Gasteiger partial charge < -0.3 is 5.11 Å². The number of hydrogen-bond donors (Lipinski definition) is 1. The summed E-state index contributed by atoms with van der Waals surface area (Å²) in [7, 11) is 0. The molecule has 1 atom stereocenters. The van der Waals surface area contributed by atoms with Gasteiger partial charge in [-0.1, -0.05) is 29.8 Å². The fourth-order valence-electron chi connectivity index (χ4n) is 1.60. The molecule has 16 heavy (non-hydrogen) atoms. The van der Waals surface area contributed by atoms with Crippen LogP contribution in [0.5, 0.6) is 0 Å². The zero-order valence-corrected chi connectivity index (χ0v) is 8.92. The molecule has 0 aliphatic heterocycles. The maximum atomic E-state index is 10.6. The predicted octanol–water partition coefficient (Wildman–Crippen LogP) is 1.83. The molecule has 0 bridgehead atoms. The van der Waals surface area contributed by atoms with E-state index in [1.165, 1.54) is 0 Å². The second-order valence-electron chi connectivity index (χ2n) is 3.72. The summed E-state index contributed by atoms with van der Waals surface area (Å²) in [6, 6.07) is 7.16. The van der Waals surface area contributed by atoms with Gasteiger partial charge in [0, 0.05) is 4.92 Å². The number of benzene rings is 1. The van der Waals surface area contributed by atoms with Crippen molar-refractivity contribution in [2.24, 2.45) is 0 Å². The van der Waals surface area contributed by atoms with Crippen LogP contribution in [0.3, 0.4) is 0 Å². The van der Waals surface area contributed by atoms with E-state index in [1.54, 1.807) is 18.2 Å². The molecule has 1 unspecified atom stereocenters. The van der Waals surface area contributed by atoms with E-state index in [2.05, 4.69) is 0 Å². The smallest absolute Gasteiger partial charge is 0.304 e. The Morgan fingerprint density at radius 1 is 1.56 bits per heavy atom. The third-order valence-electron chi connectivity index (χ3n) is 2.30. The molecule has 0 fully saturated rings. The zero-order valence-electron chi connectivity index (χ0n) is 8.92. The van der Waals surface area contributed by atoms with Crippen LogP contribution in [-0.4, -0.2) is 22.5 Å². The van der Waals surface area contributed by atoms with Gasteiger partial charge in [0.25, 0.3) is 0 Å². The first-order valence-electron chi connectivity index (χ1n) is 4.89. The van der Waals surface area contributed by atoms with Gasteiger partial charge in [0.1, 0.15) is 0 Å². The fourth-order valence-corrected chi connectivity index (χ4v) is 1.60. The van der Waals surface area contributed by atoms with Crippen molar-refractivity contribution in [2.75, 3.05) is 6.54 Å². The summed E-state index contributed by atoms with van der Waals surface area (Å²) in [6.07, 6.45) is -0.218. The van der Waals surface area contributed by atoms with Crippen LogP contribution in [-0.2, 0) is 4.79 Å². The van der Waals surface area contributed by atoms with E-state index in [4.69, 9.17) is 5.11 Å². The van der Waals surface area contributed by atoms with Gasteiger partial charge in [-0.25, -0.2) is 0 Å². The third-order valence-corrected chi connectivity index (χ3v) is 2.30. The molecule has 0 saturated carbocycles. The van der Waals surface area contributed by atoms with Crippen LogP contribution in [0.2, 0.25) is 0 Å². The van der Waals surface area contributed by atoms with Gasteiger partial charge in [-0.05, 0) is 12.5 Å². The Labute approximate surface area is 92.9 Å². The van der Waals surface area contributed by atoms with Crippen LogP contribution >= 0.6 is 0 Å². The van der Waals surface area contributed by atoms with Crippen LogP contribution < -0.4 is 0 Å². The molecule has 0 aromatic heterocycles. The molecule has 0 heterocycles. The highest BCUT2D eigenvalue weighted by Gasteiger charge is 2.21. The molecule has 1 aromatic rings. The maximum Gasteiger partial charge on any atom is 0.304 e. The van der Waals surface area contributed by atoms with Gasteiger partial charge in [0.15, 0.2) is 0 Å². The Morgan fingerprint density at radius 3 is 2.75 bits per heavy atom. The van der Waals surface area contributed by atoms with Gasteiger partial charge in [0.2, 0.25) is 6.54 Å². The first-order chi connectivity index (χ1) is 7.49. The number of nitrogens with zero attached hydrogens (tertiary/aromatic N) is 1. The number of aliphatic carboxylic acids is 1. The number of carboxylic acids is 1. The number of carbonyl (C=O) groups is 1. The highest BCUT2D eigenvalue weighted by atomic mass is 16.6. The minimum Gasteiger partial charge on any atom is -0.481 e. The number of hydrogen-bond acceptors (Lipinski definition) is 3. The average molecular weight is 223 g/mol. The average Bonchev–Trinajstić information content (AvgIpc) is 2.15. The summed E-state index contributed by atoms with van der Waals surface area (Å²) >= 11 is 0. The zero-order chi connectivity index (χ0) is 12.1. The third kappa shape index (κ3) is 3.68. The van der Waals surface area contributed by atoms with Crippen molar-refractivity contribution in [3.05, 3.63) is 45.5 Å². The summed E-state index contributed by atoms with van der Waals surface area (Å²) in [4.78, 5) is 20.6. The Hall–Kier alpha value is -1.91. The van der Waals surface area contributed by atoms with E-state index in [0.29, 0.717) is 5.56 Å². The monoisotopic (exact) mass is 223 g/mol. The highest BCUT2D eigenvalue weighted by Crippen LogP contribution is 2.20. The Morgan fingerprint density at radius 2 is 2.25 bits per heavy atom. The Balaban J connectivity index is 2.90. The lowest BCUT2D eigenvalue weighted by Crippen LogP contribution is -2.16. The van der Waals surface area contributed by atoms with E-state index in [-0.39, 0.29) is 13.0 Å². The summed E-state index contributed by atoms with van der Waals surface area (Å²) in [5, 5.41) is 19.2. The van der Waals surface area contributed by atoms with Gasteiger partial charge in [-0.2, -0.15) is 0 Å². The fraction of sp³-hybridized carbons (Fsp3) is 0.364. The van der Waals surface area contributed by atoms with E-state index in [1.807, 2.05) is 13.0 Å². The molecule has 0 saturated heterocycles. The molecule has 1 rings (SSSR count). The molecule has 0 radical (unpaired) electrons. The Bertz CT molecular complexity index is 387. The van der Waals surface area contributed by atoms with E-state index in [9.17, 15) is 14.9 Å². The van der Waals surface area contributed by atoms with E-state index < -0.39 is 16.8 Å². The summed E-state index contributed by atoms with van der Waals surface area (Å²) in [5.74, 6) is -1.58. The lowest BCUT2D eigenvalue weighted by molar-refractivity contribution is -0.483. The van der Waals surface area contributed by atoms with Gasteiger partial charge in [-0.3, -0.25) is 14.9 Å². The molecule has 86 valence electrons. The van der Waals surface area contributed by atoms with E-state index in [0.717, 1.165) is 5.56 Å². The molecule has 1 N–H and O–H groups in total. The summed E-state index contributed by atoms with van der Waals surface area (Å²) in [5.41, 5.74) is 1.68. The van der Waals surface area contributed by atoms with Crippen molar-refractivity contribution in [3.63, 3.8) is 0 Å². The largest absolute Gasteiger partial charge is 0.481 e. The molecule has 0 aliphatic rings. The van der Waals surface area contributed by atoms with Gasteiger partial charge in [0.05, 0.1) is 12.3 Å². The van der Waals surface area contributed by atoms with Gasteiger partial charge in [-0.15, -0.1) is 0 Å². The Kier molecular flexibility index (Phi) is 3.99. The van der Waals surface area contributed by atoms with Crippen molar-refractivity contribution in [3.8, 4) is 0 Å². The number of nitro groups is 1. The molecule has 1 aromatic carbocycles. The summed E-state index contributed by atoms with van der Waals surface area (Å²) in [6.45, 7) is 1.52. The van der Waals surface area contributed by atoms with Crippen molar-refractivity contribution in [2.45, 2.75) is 19.3 Å². The van der Waals surface area contributed by atoms with Crippen LogP contribution in [0.1, 0.15) is 23.5 Å². The maximum absolute atomic E-state index is 10.6. The summed E-state index contributed by atoms with van der Waals surface area (Å²) < 4.78 is 0. The first-order valence-corrected chi connectivity index (χ1v) is 4.89. The number of carboxylic acid groups (broad SMARTS) is 1. The molecular weight excluding hydrogens is 210 g/mol. The molecule has 5 nitrogen and oxygen atoms in total. The SMILES string of the molecule is Cc1cccc(C(CC(=O)O)C[N+](=O)[O-])c1. The minimum absolute atomic E-state index is 0.218. The predicted molar refractivity (Wildman–Crippen MR) is 58.0 cm³/mol. The lowest BCUT2D eigenvalue weighted by atomic mass is 9.94. The van der Waals surface area contributed by atoms with Crippen LogP contribution in [0.25, 0.3) is 0 Å². The van der Waals surface area contributed by atoms with Crippen LogP contribution in [0.15, 0.2) is 24.3 Å². The molecule has 5 heteroatoms. The van der Waals surface area contributed by atoms with Crippen LogP contribution in [0, 0.1) is 17.0 Å². The molecule has 0 spiro atoms. The number of rotatable bonds is 5. The standard InChI is InChI=1S/C11H13NO4/c1-8-3-2-4-9(5-8)10(6-11(13)14)7-12(15)16/h2-5,10H,6-7H2,1H3,(H,13,14). The van der Waals surface area contributed by atoms with Gasteiger partial charge >= 0.3 is 5.97 Å². The normalized spacial score (nSPS) is 12.1. The topological polar surface area (TPSA) is 80.4 Å². The quantitative estimate of drug-likeness (QED) is 0.610. The van der Waals surface area contributed by atoms with Crippen molar-refractivity contribution < 1.29 is 14.8 Å². The molecular formula is C11H13NO4. The van der Waals surface area contributed by atoms with Crippen LogP contribution in [0.4, 0.5) is 0 Å². The second kappa shape index (κ2) is 5.25. The minimum atomic E-state index is -1.02. The first kappa shape index (κ1) is 12.2. The van der Waals surface area contributed by atoms with E-state index >= 15 is 0 Å². The lowest BCUT2D eigenvalue weighted by Gasteiger charge is -2.11. The van der Waals surface area contributed by atoms with Crippen molar-refractivity contribution >= 4 is 5.97 Å². The number of aryl methyl sites for hydroxylation is 1. The highest BCUT2D eigenvalue weighted by molar-refractivity contribution is 5.68. The molecule has 0 aliphatic carbocycles. The van der Waals surface area contributed by atoms with Crippen molar-refractivity contribution in [1.29, 1.82) is 0 Å². The second-order valence-corrected chi connectivity index (χ2v) is 3.72. The molecule has 0 amide bonds. The van der Waals surface area contributed by atoms with Crippen molar-refractivity contribution in [1.82, 2.24) is 0 Å².